The highest BCUT2D eigenvalue weighted by Gasteiger charge is 2.34. The Balaban J connectivity index is 2.85. The number of rotatable bonds is 5. The summed E-state index contributed by atoms with van der Waals surface area (Å²) in [7, 11) is 1.28. The van der Waals surface area contributed by atoms with E-state index in [0.29, 0.717) is 16.6 Å². The quantitative estimate of drug-likeness (QED) is 0.434. The van der Waals surface area contributed by atoms with Crippen molar-refractivity contribution < 1.29 is 14.8 Å². The van der Waals surface area contributed by atoms with Gasteiger partial charge in [-0.25, -0.2) is 0 Å². The van der Waals surface area contributed by atoms with Crippen molar-refractivity contribution in [1.82, 2.24) is 0 Å². The van der Waals surface area contributed by atoms with Gasteiger partial charge in [0.05, 0.1) is 42.6 Å². The van der Waals surface area contributed by atoms with E-state index in [9.17, 15) is 30.3 Å². The first kappa shape index (κ1) is 19.8. The molecule has 0 spiro atoms. The van der Waals surface area contributed by atoms with Gasteiger partial charge in [-0.15, -0.1) is 0 Å². The molecule has 0 aliphatic rings. The Labute approximate surface area is 163 Å². The molecule has 13 heteroatoms. The molecule has 0 unspecified atom stereocenters. The summed E-state index contributed by atoms with van der Waals surface area (Å²) < 4.78 is 0.525. The topological polar surface area (TPSA) is 133 Å². The zero-order valence-electron chi connectivity index (χ0n) is 12.7. The van der Waals surface area contributed by atoms with Gasteiger partial charge in [0, 0.05) is 11.5 Å². The van der Waals surface area contributed by atoms with E-state index in [2.05, 4.69) is 15.9 Å². The van der Waals surface area contributed by atoms with Crippen molar-refractivity contribution in [2.75, 3.05) is 11.9 Å². The van der Waals surface area contributed by atoms with Crippen LogP contribution in [0.3, 0.4) is 0 Å². The highest BCUT2D eigenvalue weighted by atomic mass is 79.9. The fourth-order valence-corrected chi connectivity index (χ4v) is 3.75. The summed E-state index contributed by atoms with van der Waals surface area (Å²) in [4.78, 5) is 31.9. The van der Waals surface area contributed by atoms with Crippen LogP contribution >= 0.6 is 39.1 Å². The maximum absolute atomic E-state index is 11.4. The van der Waals surface area contributed by atoms with Crippen LogP contribution in [0.15, 0.2) is 28.7 Å². The lowest BCUT2D eigenvalue weighted by Crippen LogP contribution is -2.15. The summed E-state index contributed by atoms with van der Waals surface area (Å²) in [5.41, 5.74) is -2.87. The van der Waals surface area contributed by atoms with Gasteiger partial charge in [-0.05, 0) is 12.1 Å². The molecule has 0 radical (unpaired) electrons. The first-order chi connectivity index (χ1) is 12.0. The minimum Gasteiger partial charge on any atom is -0.331 e. The van der Waals surface area contributed by atoms with Crippen LogP contribution < -0.4 is 4.90 Å². The predicted molar refractivity (Wildman–Crippen MR) is 98.6 cm³/mol. The van der Waals surface area contributed by atoms with E-state index in [0.717, 1.165) is 4.90 Å². The van der Waals surface area contributed by atoms with Crippen LogP contribution in [0.4, 0.5) is 28.4 Å². The molecule has 0 atom stereocenters. The molecule has 2 rings (SSSR count). The first-order valence-electron chi connectivity index (χ1n) is 6.54. The first-order valence-corrected chi connectivity index (χ1v) is 8.09. The third-order valence-corrected chi connectivity index (χ3v) is 4.35. The Morgan fingerprint density at radius 3 is 1.62 bits per heavy atom. The Kier molecular flexibility index (Phi) is 5.64. The molecule has 0 saturated carbocycles. The molecule has 2 aromatic rings. The molecule has 2 aromatic carbocycles. The fourth-order valence-electron chi connectivity index (χ4n) is 2.28. The number of anilines is 2. The van der Waals surface area contributed by atoms with Crippen LogP contribution in [0.25, 0.3) is 0 Å². The Hall–Kier alpha value is -2.50. The van der Waals surface area contributed by atoms with Gasteiger partial charge in [-0.2, -0.15) is 0 Å². The normalized spacial score (nSPS) is 10.5. The standard InChI is InChI=1S/C13H7BrCl2N4O6/c1-17(12-8(15)2-6(14)3-9(12)16)13-10(19(23)24)4-7(18(21)22)5-11(13)20(25)26/h2-5H,1H3. The monoisotopic (exact) mass is 464 g/mol. The molecular weight excluding hydrogens is 459 g/mol. The van der Waals surface area contributed by atoms with Gasteiger partial charge in [0.2, 0.25) is 0 Å². The van der Waals surface area contributed by atoms with Crippen molar-refractivity contribution in [2.45, 2.75) is 0 Å². The van der Waals surface area contributed by atoms with Crippen LogP contribution in [0.1, 0.15) is 0 Å². The lowest BCUT2D eigenvalue weighted by atomic mass is 10.1. The van der Waals surface area contributed by atoms with Gasteiger partial charge in [0.15, 0.2) is 5.69 Å². The average Bonchev–Trinajstić information content (AvgIpc) is 2.52. The second-order valence-corrected chi connectivity index (χ2v) is 6.61. The molecule has 0 bridgehead atoms. The van der Waals surface area contributed by atoms with Crippen LogP contribution in [0.2, 0.25) is 10.0 Å². The predicted octanol–water partition coefficient (Wildman–Crippen LogP) is 5.25. The number of hydrogen-bond acceptors (Lipinski definition) is 7. The van der Waals surface area contributed by atoms with Gasteiger partial charge < -0.3 is 4.90 Å². The van der Waals surface area contributed by atoms with Crippen molar-refractivity contribution in [2.24, 2.45) is 0 Å². The smallest absolute Gasteiger partial charge is 0.306 e. The molecule has 0 aliphatic carbocycles. The van der Waals surface area contributed by atoms with E-state index >= 15 is 0 Å². The van der Waals surface area contributed by atoms with Crippen molar-refractivity contribution in [3.63, 3.8) is 0 Å². The van der Waals surface area contributed by atoms with Crippen molar-refractivity contribution in [3.8, 4) is 0 Å². The molecule has 0 amide bonds. The van der Waals surface area contributed by atoms with Crippen molar-refractivity contribution in [3.05, 3.63) is 69.1 Å². The molecule has 0 fully saturated rings. The summed E-state index contributed by atoms with van der Waals surface area (Å²) in [5.74, 6) is 0. The van der Waals surface area contributed by atoms with E-state index in [1.807, 2.05) is 0 Å². The summed E-state index contributed by atoms with van der Waals surface area (Å²) in [5, 5.41) is 33.9. The molecular formula is C13H7BrCl2N4O6. The molecule has 0 aromatic heterocycles. The highest BCUT2D eigenvalue weighted by Crippen LogP contribution is 2.47. The maximum Gasteiger partial charge on any atom is 0.306 e. The van der Waals surface area contributed by atoms with Gasteiger partial charge in [-0.3, -0.25) is 30.3 Å². The average molecular weight is 466 g/mol. The van der Waals surface area contributed by atoms with Gasteiger partial charge in [-0.1, -0.05) is 39.1 Å². The zero-order chi connectivity index (χ0) is 19.8. The molecule has 10 nitrogen and oxygen atoms in total. The second-order valence-electron chi connectivity index (χ2n) is 4.88. The van der Waals surface area contributed by atoms with E-state index in [-0.39, 0.29) is 15.7 Å². The van der Waals surface area contributed by atoms with E-state index in [4.69, 9.17) is 23.2 Å². The largest absolute Gasteiger partial charge is 0.331 e. The van der Waals surface area contributed by atoms with Crippen LogP contribution in [-0.2, 0) is 0 Å². The summed E-state index contributed by atoms with van der Waals surface area (Å²) in [6.45, 7) is 0. The van der Waals surface area contributed by atoms with Crippen LogP contribution in [0, 0.1) is 30.3 Å². The zero-order valence-corrected chi connectivity index (χ0v) is 15.8. The summed E-state index contributed by atoms with van der Waals surface area (Å²) in [6, 6.07) is 4.17. The minimum absolute atomic E-state index is 0.0637. The number of halogens is 3. The Morgan fingerprint density at radius 2 is 1.27 bits per heavy atom. The number of non-ortho nitro benzene ring substituents is 1. The molecule has 136 valence electrons. The van der Waals surface area contributed by atoms with Crippen LogP contribution in [-0.4, -0.2) is 21.8 Å². The molecule has 0 heterocycles. The Bertz CT molecular complexity index is 896. The maximum atomic E-state index is 11.4. The second kappa shape index (κ2) is 7.40. The third kappa shape index (κ3) is 3.69. The van der Waals surface area contributed by atoms with Gasteiger partial charge >= 0.3 is 11.4 Å². The third-order valence-electron chi connectivity index (χ3n) is 3.31. The number of nitro benzene ring substituents is 3. The SMILES string of the molecule is CN(c1c(Cl)cc(Br)cc1Cl)c1c([N+](=O)[O-])cc([N+](=O)[O-])cc1[N+](=O)[O-]. The number of nitro groups is 3. The lowest BCUT2D eigenvalue weighted by molar-refractivity contribution is -0.402. The summed E-state index contributed by atoms with van der Waals surface area (Å²) >= 11 is 15.4. The molecule has 26 heavy (non-hydrogen) atoms. The number of benzene rings is 2. The van der Waals surface area contributed by atoms with Gasteiger partial charge in [0.1, 0.15) is 0 Å². The molecule has 0 N–H and O–H groups in total. The molecule has 0 saturated heterocycles. The van der Waals surface area contributed by atoms with E-state index < -0.39 is 37.5 Å². The lowest BCUT2D eigenvalue weighted by Gasteiger charge is -2.21. The molecule has 0 aliphatic heterocycles. The fraction of sp³-hybridized carbons (Fsp3) is 0.0769. The Morgan fingerprint density at radius 1 is 0.846 bits per heavy atom. The van der Waals surface area contributed by atoms with E-state index in [1.54, 1.807) is 0 Å². The number of hydrogen-bond donors (Lipinski definition) is 0. The highest BCUT2D eigenvalue weighted by molar-refractivity contribution is 9.10. The van der Waals surface area contributed by atoms with Crippen molar-refractivity contribution >= 4 is 67.6 Å². The van der Waals surface area contributed by atoms with Crippen molar-refractivity contribution in [1.29, 1.82) is 0 Å². The summed E-state index contributed by atoms with van der Waals surface area (Å²) in [6.07, 6.45) is 0. The van der Waals surface area contributed by atoms with E-state index in [1.165, 1.54) is 19.2 Å². The van der Waals surface area contributed by atoms with Crippen LogP contribution in [0.5, 0.6) is 0 Å². The number of nitrogens with zero attached hydrogens (tertiary/aromatic N) is 4. The van der Waals surface area contributed by atoms with Gasteiger partial charge in [0.25, 0.3) is 5.69 Å². The minimum atomic E-state index is -0.955.